The van der Waals surface area contributed by atoms with E-state index in [1.165, 1.54) is 30.2 Å². The zero-order chi connectivity index (χ0) is 9.10. The standard InChI is InChI=1S/C10H12N2O/c13-7-3-6-10-8-4-1-2-5-9(8)11-12-10/h3,6-7H,1-2,4-5H2,(H,11,12)/b6-3+. The number of allylic oxidation sites excluding steroid dienone is 1. The van der Waals surface area contributed by atoms with Crippen molar-refractivity contribution in [3.05, 3.63) is 23.0 Å². The Balaban J connectivity index is 2.31. The number of aryl methyl sites for hydroxylation is 1. The molecular formula is C10H12N2O. The van der Waals surface area contributed by atoms with E-state index in [2.05, 4.69) is 10.2 Å². The lowest BCUT2D eigenvalue weighted by Crippen LogP contribution is -2.00. The van der Waals surface area contributed by atoms with E-state index in [9.17, 15) is 4.79 Å². The van der Waals surface area contributed by atoms with Crippen molar-refractivity contribution >= 4 is 12.4 Å². The van der Waals surface area contributed by atoms with Gasteiger partial charge in [0.05, 0.1) is 5.69 Å². The molecule has 2 rings (SSSR count). The summed E-state index contributed by atoms with van der Waals surface area (Å²) in [6.07, 6.45) is 8.70. The van der Waals surface area contributed by atoms with E-state index >= 15 is 0 Å². The summed E-state index contributed by atoms with van der Waals surface area (Å²) >= 11 is 0. The van der Waals surface area contributed by atoms with Crippen LogP contribution in [-0.4, -0.2) is 16.5 Å². The summed E-state index contributed by atoms with van der Waals surface area (Å²) in [4.78, 5) is 10.1. The Hall–Kier alpha value is -1.38. The first-order valence-electron chi connectivity index (χ1n) is 4.60. The third-order valence-corrected chi connectivity index (χ3v) is 2.42. The van der Waals surface area contributed by atoms with Gasteiger partial charge in [-0.25, -0.2) is 0 Å². The summed E-state index contributed by atoms with van der Waals surface area (Å²) in [6.45, 7) is 0. The topological polar surface area (TPSA) is 45.8 Å². The molecule has 0 saturated carbocycles. The van der Waals surface area contributed by atoms with Gasteiger partial charge >= 0.3 is 0 Å². The van der Waals surface area contributed by atoms with Crippen LogP contribution in [-0.2, 0) is 17.6 Å². The Morgan fingerprint density at radius 2 is 2.15 bits per heavy atom. The predicted molar refractivity (Wildman–Crippen MR) is 50.3 cm³/mol. The van der Waals surface area contributed by atoms with Crippen molar-refractivity contribution in [2.45, 2.75) is 25.7 Å². The van der Waals surface area contributed by atoms with Crippen LogP contribution < -0.4 is 0 Å². The molecule has 0 bridgehead atoms. The second-order valence-corrected chi connectivity index (χ2v) is 3.27. The van der Waals surface area contributed by atoms with E-state index in [1.807, 2.05) is 0 Å². The molecule has 13 heavy (non-hydrogen) atoms. The van der Waals surface area contributed by atoms with Gasteiger partial charge in [0.25, 0.3) is 0 Å². The summed E-state index contributed by atoms with van der Waals surface area (Å²) in [6, 6.07) is 0. The number of aromatic nitrogens is 2. The lowest BCUT2D eigenvalue weighted by Gasteiger charge is -2.09. The maximum atomic E-state index is 10.1. The highest BCUT2D eigenvalue weighted by Gasteiger charge is 2.14. The predicted octanol–water partition coefficient (Wildman–Crippen LogP) is 1.50. The molecule has 0 amide bonds. The second kappa shape index (κ2) is 3.56. The fraction of sp³-hybridized carbons (Fsp3) is 0.400. The lowest BCUT2D eigenvalue weighted by atomic mass is 9.96. The minimum atomic E-state index is 0.782. The van der Waals surface area contributed by atoms with Gasteiger partial charge in [-0.2, -0.15) is 5.10 Å². The number of rotatable bonds is 2. The molecule has 1 aromatic rings. The molecule has 3 nitrogen and oxygen atoms in total. The minimum absolute atomic E-state index is 0.782. The zero-order valence-corrected chi connectivity index (χ0v) is 7.42. The summed E-state index contributed by atoms with van der Waals surface area (Å²) in [5.41, 5.74) is 3.47. The van der Waals surface area contributed by atoms with Gasteiger partial charge in [-0.15, -0.1) is 0 Å². The van der Waals surface area contributed by atoms with Crippen molar-refractivity contribution in [3.63, 3.8) is 0 Å². The van der Waals surface area contributed by atoms with Crippen LogP contribution >= 0.6 is 0 Å². The highest BCUT2D eigenvalue weighted by molar-refractivity contribution is 5.73. The maximum absolute atomic E-state index is 10.1. The molecule has 0 fully saturated rings. The number of nitrogens with one attached hydrogen (secondary N) is 1. The van der Waals surface area contributed by atoms with Crippen LogP contribution in [0.4, 0.5) is 0 Å². The second-order valence-electron chi connectivity index (χ2n) is 3.27. The summed E-state index contributed by atoms with van der Waals surface area (Å²) in [5, 5.41) is 7.18. The lowest BCUT2D eigenvalue weighted by molar-refractivity contribution is -0.104. The third kappa shape index (κ3) is 1.54. The molecule has 0 spiro atoms. The van der Waals surface area contributed by atoms with Crippen LogP contribution in [0.25, 0.3) is 6.08 Å². The van der Waals surface area contributed by atoms with Gasteiger partial charge < -0.3 is 0 Å². The van der Waals surface area contributed by atoms with Crippen molar-refractivity contribution in [1.82, 2.24) is 10.2 Å². The van der Waals surface area contributed by atoms with Crippen molar-refractivity contribution in [1.29, 1.82) is 0 Å². The van der Waals surface area contributed by atoms with E-state index in [4.69, 9.17) is 0 Å². The number of nitrogens with zero attached hydrogens (tertiary/aromatic N) is 1. The Labute approximate surface area is 76.8 Å². The average Bonchev–Trinajstić information content (AvgIpc) is 2.58. The summed E-state index contributed by atoms with van der Waals surface area (Å²) < 4.78 is 0. The Morgan fingerprint density at radius 1 is 1.31 bits per heavy atom. The number of aromatic amines is 1. The number of hydrogen-bond acceptors (Lipinski definition) is 2. The van der Waals surface area contributed by atoms with Crippen molar-refractivity contribution < 1.29 is 4.79 Å². The Bertz CT molecular complexity index is 339. The third-order valence-electron chi connectivity index (χ3n) is 2.42. The molecule has 1 heterocycles. The molecule has 1 aliphatic carbocycles. The van der Waals surface area contributed by atoms with Crippen molar-refractivity contribution in [2.24, 2.45) is 0 Å². The number of hydrogen-bond donors (Lipinski definition) is 1. The van der Waals surface area contributed by atoms with Crippen LogP contribution in [0.5, 0.6) is 0 Å². The highest BCUT2D eigenvalue weighted by Crippen LogP contribution is 2.22. The molecule has 1 N–H and O–H groups in total. The SMILES string of the molecule is O=C/C=C/c1n[nH]c2c1CCCC2. The Kier molecular flexibility index (Phi) is 2.25. The van der Waals surface area contributed by atoms with Crippen LogP contribution in [0.2, 0.25) is 0 Å². The quantitative estimate of drug-likeness (QED) is 0.548. The number of fused-ring (bicyclic) bond motifs is 1. The molecule has 0 aliphatic heterocycles. The maximum Gasteiger partial charge on any atom is 0.142 e. The smallest absolute Gasteiger partial charge is 0.142 e. The number of carbonyl (C=O) groups excluding carboxylic acids is 1. The van der Waals surface area contributed by atoms with Crippen LogP contribution in [0.1, 0.15) is 29.8 Å². The molecule has 1 aliphatic rings. The molecule has 1 aromatic heterocycles. The van der Waals surface area contributed by atoms with Crippen molar-refractivity contribution in [2.75, 3.05) is 0 Å². The van der Waals surface area contributed by atoms with E-state index in [0.717, 1.165) is 24.8 Å². The normalized spacial score (nSPS) is 16.0. The highest BCUT2D eigenvalue weighted by atomic mass is 16.1. The number of carbonyl (C=O) groups is 1. The molecule has 0 atom stereocenters. The van der Waals surface area contributed by atoms with Gasteiger partial charge in [0, 0.05) is 11.3 Å². The van der Waals surface area contributed by atoms with E-state index < -0.39 is 0 Å². The van der Waals surface area contributed by atoms with Crippen LogP contribution in [0.3, 0.4) is 0 Å². The molecule has 0 saturated heterocycles. The van der Waals surface area contributed by atoms with Crippen LogP contribution in [0, 0.1) is 0 Å². The van der Waals surface area contributed by atoms with Gasteiger partial charge in [0.2, 0.25) is 0 Å². The average molecular weight is 176 g/mol. The molecule has 0 radical (unpaired) electrons. The zero-order valence-electron chi connectivity index (χ0n) is 7.42. The first-order valence-corrected chi connectivity index (χ1v) is 4.60. The fourth-order valence-electron chi connectivity index (χ4n) is 1.77. The monoisotopic (exact) mass is 176 g/mol. The molecule has 0 unspecified atom stereocenters. The van der Waals surface area contributed by atoms with Gasteiger partial charge in [-0.3, -0.25) is 9.89 Å². The van der Waals surface area contributed by atoms with Crippen LogP contribution in [0.15, 0.2) is 6.08 Å². The van der Waals surface area contributed by atoms with E-state index in [-0.39, 0.29) is 0 Å². The Morgan fingerprint density at radius 3 is 3.00 bits per heavy atom. The first kappa shape index (κ1) is 8.23. The minimum Gasteiger partial charge on any atom is -0.299 e. The fourth-order valence-corrected chi connectivity index (χ4v) is 1.77. The number of H-pyrrole nitrogens is 1. The van der Waals surface area contributed by atoms with E-state index in [1.54, 1.807) is 6.08 Å². The summed E-state index contributed by atoms with van der Waals surface area (Å²) in [5.74, 6) is 0. The molecule has 68 valence electrons. The number of aldehydes is 1. The van der Waals surface area contributed by atoms with Gasteiger partial charge in [-0.1, -0.05) is 0 Å². The van der Waals surface area contributed by atoms with Gasteiger partial charge in [-0.05, 0) is 37.8 Å². The largest absolute Gasteiger partial charge is 0.299 e. The van der Waals surface area contributed by atoms with Crippen molar-refractivity contribution in [3.8, 4) is 0 Å². The summed E-state index contributed by atoms with van der Waals surface area (Å²) in [7, 11) is 0. The molecular weight excluding hydrogens is 164 g/mol. The molecule has 3 heteroatoms. The molecule has 0 aromatic carbocycles. The van der Waals surface area contributed by atoms with Gasteiger partial charge in [0.15, 0.2) is 0 Å². The first-order chi connectivity index (χ1) is 6.42. The van der Waals surface area contributed by atoms with Gasteiger partial charge in [0.1, 0.15) is 6.29 Å². The van der Waals surface area contributed by atoms with E-state index in [0.29, 0.717) is 0 Å².